The molecule has 0 heterocycles. The fourth-order valence-corrected chi connectivity index (χ4v) is 5.23. The first-order valence-electron chi connectivity index (χ1n) is 8.32. The normalized spacial score (nSPS) is 29.7. The highest BCUT2D eigenvalue weighted by Gasteiger charge is 2.49. The van der Waals surface area contributed by atoms with Gasteiger partial charge in [0.15, 0.2) is 0 Å². The van der Waals surface area contributed by atoms with Gasteiger partial charge in [0.05, 0.1) is 5.75 Å². The van der Waals surface area contributed by atoms with Crippen LogP contribution in [0.5, 0.6) is 0 Å². The van der Waals surface area contributed by atoms with E-state index >= 15 is 0 Å². The lowest BCUT2D eigenvalue weighted by molar-refractivity contribution is -0.150. The van der Waals surface area contributed by atoms with Crippen LogP contribution in [0.25, 0.3) is 0 Å². The predicted molar refractivity (Wildman–Crippen MR) is 86.8 cm³/mol. The standard InChI is InChI=1S/C16H27NO5S/c1-3-12-4-6-16(7-5-12,14(19)20)17-13(18)10-15(8-9-15)11-23(2,21)22/h12H,3-11H2,1-2H3,(H,17,18)(H,19,20). The van der Waals surface area contributed by atoms with Gasteiger partial charge in [0.1, 0.15) is 15.4 Å². The number of rotatable bonds is 7. The third kappa shape index (κ3) is 4.68. The van der Waals surface area contributed by atoms with Crippen LogP contribution in [0.3, 0.4) is 0 Å². The first-order chi connectivity index (χ1) is 10.6. The summed E-state index contributed by atoms with van der Waals surface area (Å²) in [5.74, 6) is -0.776. The third-order valence-corrected chi connectivity index (χ3v) is 6.52. The maximum absolute atomic E-state index is 12.3. The summed E-state index contributed by atoms with van der Waals surface area (Å²) in [5, 5.41) is 12.3. The van der Waals surface area contributed by atoms with Gasteiger partial charge in [0.2, 0.25) is 5.91 Å². The molecule has 0 saturated heterocycles. The van der Waals surface area contributed by atoms with Crippen LogP contribution >= 0.6 is 0 Å². The number of hydrogen-bond donors (Lipinski definition) is 2. The lowest BCUT2D eigenvalue weighted by Crippen LogP contribution is -2.56. The molecule has 0 aromatic heterocycles. The maximum Gasteiger partial charge on any atom is 0.329 e. The topological polar surface area (TPSA) is 101 Å². The molecule has 0 atom stereocenters. The van der Waals surface area contributed by atoms with Crippen molar-refractivity contribution in [2.24, 2.45) is 11.3 Å². The molecule has 0 radical (unpaired) electrons. The minimum absolute atomic E-state index is 0.00536. The molecular weight excluding hydrogens is 318 g/mol. The average Bonchev–Trinajstić information content (AvgIpc) is 3.15. The summed E-state index contributed by atoms with van der Waals surface area (Å²) in [6.07, 6.45) is 6.24. The third-order valence-electron chi connectivity index (χ3n) is 5.39. The van der Waals surface area contributed by atoms with Crippen LogP contribution in [0.15, 0.2) is 0 Å². The average molecular weight is 345 g/mol. The zero-order valence-electron chi connectivity index (χ0n) is 13.9. The summed E-state index contributed by atoms with van der Waals surface area (Å²) in [6.45, 7) is 2.10. The number of carbonyl (C=O) groups excluding carboxylic acids is 1. The summed E-state index contributed by atoms with van der Waals surface area (Å²) in [7, 11) is -3.14. The summed E-state index contributed by atoms with van der Waals surface area (Å²) >= 11 is 0. The first-order valence-corrected chi connectivity index (χ1v) is 10.4. The van der Waals surface area contributed by atoms with Gasteiger partial charge >= 0.3 is 5.97 Å². The summed E-state index contributed by atoms with van der Waals surface area (Å²) in [5.41, 5.74) is -1.65. The lowest BCUT2D eigenvalue weighted by Gasteiger charge is -2.37. The lowest BCUT2D eigenvalue weighted by atomic mass is 9.75. The fourth-order valence-electron chi connectivity index (χ4n) is 3.73. The molecule has 2 fully saturated rings. The van der Waals surface area contributed by atoms with Crippen molar-refractivity contribution in [3.8, 4) is 0 Å². The van der Waals surface area contributed by atoms with Crippen LogP contribution in [-0.2, 0) is 19.4 Å². The van der Waals surface area contributed by atoms with E-state index in [-0.39, 0.29) is 18.1 Å². The Bertz CT molecular complexity index is 571. The number of sulfone groups is 1. The van der Waals surface area contributed by atoms with Gasteiger partial charge in [0, 0.05) is 12.7 Å². The number of aliphatic carboxylic acids is 1. The number of carboxylic acids is 1. The molecule has 0 unspecified atom stereocenters. The summed E-state index contributed by atoms with van der Waals surface area (Å²) in [4.78, 5) is 24.1. The molecule has 2 aliphatic carbocycles. The molecule has 2 rings (SSSR count). The van der Waals surface area contributed by atoms with Gasteiger partial charge in [-0.05, 0) is 49.9 Å². The van der Waals surface area contributed by atoms with Crippen LogP contribution in [-0.4, -0.2) is 42.9 Å². The minimum atomic E-state index is -3.14. The minimum Gasteiger partial charge on any atom is -0.480 e. The van der Waals surface area contributed by atoms with Gasteiger partial charge in [-0.25, -0.2) is 13.2 Å². The molecule has 2 aliphatic rings. The summed E-state index contributed by atoms with van der Waals surface area (Å²) < 4.78 is 22.9. The molecule has 7 heteroatoms. The van der Waals surface area contributed by atoms with Crippen molar-refractivity contribution in [3.05, 3.63) is 0 Å². The molecule has 0 aromatic carbocycles. The molecule has 23 heavy (non-hydrogen) atoms. The zero-order chi connectivity index (χ0) is 17.3. The SMILES string of the molecule is CCC1CCC(NC(=O)CC2(CS(C)(=O)=O)CC2)(C(=O)O)CC1. The second kappa shape index (κ2) is 6.42. The number of carboxylic acid groups (broad SMARTS) is 1. The molecule has 0 bridgehead atoms. The Labute approximate surface area is 137 Å². The molecule has 0 spiro atoms. The highest BCUT2D eigenvalue weighted by molar-refractivity contribution is 7.90. The number of carbonyl (C=O) groups is 2. The Kier molecular flexibility index (Phi) is 5.09. The Balaban J connectivity index is 1.98. The zero-order valence-corrected chi connectivity index (χ0v) is 14.7. The molecule has 132 valence electrons. The van der Waals surface area contributed by atoms with Gasteiger partial charge in [-0.3, -0.25) is 4.79 Å². The fraction of sp³-hybridized carbons (Fsp3) is 0.875. The number of nitrogens with one attached hydrogen (secondary N) is 1. The quantitative estimate of drug-likeness (QED) is 0.732. The van der Waals surface area contributed by atoms with Gasteiger partial charge < -0.3 is 10.4 Å². The smallest absolute Gasteiger partial charge is 0.329 e. The van der Waals surface area contributed by atoms with Crippen LogP contribution < -0.4 is 5.32 Å². The monoisotopic (exact) mass is 345 g/mol. The Morgan fingerprint density at radius 1 is 1.17 bits per heavy atom. The van der Waals surface area contributed by atoms with Gasteiger partial charge in [-0.15, -0.1) is 0 Å². The molecule has 1 amide bonds. The van der Waals surface area contributed by atoms with Crippen molar-refractivity contribution in [1.29, 1.82) is 0 Å². The molecule has 2 saturated carbocycles. The van der Waals surface area contributed by atoms with E-state index in [1.807, 2.05) is 0 Å². The van der Waals surface area contributed by atoms with E-state index in [9.17, 15) is 23.1 Å². The van der Waals surface area contributed by atoms with Crippen molar-refractivity contribution >= 4 is 21.7 Å². The maximum atomic E-state index is 12.3. The molecule has 6 nitrogen and oxygen atoms in total. The van der Waals surface area contributed by atoms with Gasteiger partial charge in [-0.2, -0.15) is 0 Å². The van der Waals surface area contributed by atoms with Crippen LogP contribution in [0.1, 0.15) is 58.3 Å². The van der Waals surface area contributed by atoms with Crippen molar-refractivity contribution in [3.63, 3.8) is 0 Å². The van der Waals surface area contributed by atoms with Gasteiger partial charge in [0.25, 0.3) is 0 Å². The first kappa shape index (κ1) is 18.2. The van der Waals surface area contributed by atoms with Gasteiger partial charge in [-0.1, -0.05) is 13.3 Å². The van der Waals surface area contributed by atoms with E-state index in [0.717, 1.165) is 19.3 Å². The van der Waals surface area contributed by atoms with Crippen molar-refractivity contribution in [2.75, 3.05) is 12.0 Å². The number of hydrogen-bond acceptors (Lipinski definition) is 4. The highest BCUT2D eigenvalue weighted by Crippen LogP contribution is 2.50. The van der Waals surface area contributed by atoms with Crippen molar-refractivity contribution in [2.45, 2.75) is 63.8 Å². The predicted octanol–water partition coefficient (Wildman–Crippen LogP) is 1.74. The molecular formula is C16H27NO5S. The molecule has 0 aromatic rings. The summed E-state index contributed by atoms with van der Waals surface area (Å²) in [6, 6.07) is 0. The highest BCUT2D eigenvalue weighted by atomic mass is 32.2. The van der Waals surface area contributed by atoms with E-state index in [2.05, 4.69) is 12.2 Å². The second-order valence-corrected chi connectivity index (χ2v) is 9.67. The second-order valence-electron chi connectivity index (χ2n) is 7.53. The molecule has 2 N–H and O–H groups in total. The molecule has 0 aliphatic heterocycles. The van der Waals surface area contributed by atoms with Crippen LogP contribution in [0.4, 0.5) is 0 Å². The van der Waals surface area contributed by atoms with Crippen LogP contribution in [0, 0.1) is 11.3 Å². The largest absolute Gasteiger partial charge is 0.480 e. The van der Waals surface area contributed by atoms with E-state index in [1.165, 1.54) is 6.26 Å². The van der Waals surface area contributed by atoms with Crippen LogP contribution in [0.2, 0.25) is 0 Å². The Morgan fingerprint density at radius 2 is 1.74 bits per heavy atom. The van der Waals surface area contributed by atoms with Crippen molar-refractivity contribution in [1.82, 2.24) is 5.32 Å². The Hall–Kier alpha value is -1.11. The van der Waals surface area contributed by atoms with E-state index < -0.39 is 26.8 Å². The Morgan fingerprint density at radius 3 is 2.13 bits per heavy atom. The van der Waals surface area contributed by atoms with E-state index in [1.54, 1.807) is 0 Å². The number of amides is 1. The van der Waals surface area contributed by atoms with E-state index in [0.29, 0.717) is 31.6 Å². The van der Waals surface area contributed by atoms with Crippen molar-refractivity contribution < 1.29 is 23.1 Å². The van der Waals surface area contributed by atoms with E-state index in [4.69, 9.17) is 0 Å².